The standard InChI is InChI=1S/C19H19N3O4/c1-9(2)10-8-13-16(20-17-14(26-3)5-4-6-22(13)17)15-11(10)7-12(19(24)25)18(23)21-15/h4-7,9-10H,8H2,1-3H3,(H,21,23)(H,24,25). The van der Waals surface area contributed by atoms with E-state index in [1.807, 2.05) is 22.7 Å². The minimum Gasteiger partial charge on any atom is -0.493 e. The second-order valence-corrected chi connectivity index (χ2v) is 6.88. The first kappa shape index (κ1) is 16.4. The highest BCUT2D eigenvalue weighted by atomic mass is 16.5. The van der Waals surface area contributed by atoms with Gasteiger partial charge in [0.25, 0.3) is 5.56 Å². The number of nitrogens with zero attached hydrogens (tertiary/aromatic N) is 2. The van der Waals surface area contributed by atoms with Crippen LogP contribution in [0, 0.1) is 5.92 Å². The number of ether oxygens (including phenoxy) is 1. The predicted molar refractivity (Wildman–Crippen MR) is 96.0 cm³/mol. The number of hydrogen-bond acceptors (Lipinski definition) is 4. The maximum Gasteiger partial charge on any atom is 0.341 e. The number of fused-ring (bicyclic) bond motifs is 5. The Hall–Kier alpha value is -3.09. The number of hydrogen-bond donors (Lipinski definition) is 2. The van der Waals surface area contributed by atoms with E-state index in [4.69, 9.17) is 9.72 Å². The lowest BCUT2D eigenvalue weighted by molar-refractivity contribution is 0.0694. The summed E-state index contributed by atoms with van der Waals surface area (Å²) in [5.74, 6) is -0.225. The van der Waals surface area contributed by atoms with E-state index in [0.29, 0.717) is 29.2 Å². The molecule has 4 rings (SSSR count). The van der Waals surface area contributed by atoms with Crippen LogP contribution in [-0.2, 0) is 6.42 Å². The molecule has 0 amide bonds. The average molecular weight is 353 g/mol. The summed E-state index contributed by atoms with van der Waals surface area (Å²) < 4.78 is 7.39. The van der Waals surface area contributed by atoms with Crippen LogP contribution in [0.5, 0.6) is 5.75 Å². The first-order chi connectivity index (χ1) is 12.4. The summed E-state index contributed by atoms with van der Waals surface area (Å²) >= 11 is 0. The van der Waals surface area contributed by atoms with Crippen molar-refractivity contribution in [3.63, 3.8) is 0 Å². The smallest absolute Gasteiger partial charge is 0.341 e. The quantitative estimate of drug-likeness (QED) is 0.755. The van der Waals surface area contributed by atoms with Gasteiger partial charge in [-0.2, -0.15) is 0 Å². The van der Waals surface area contributed by atoms with Crippen LogP contribution in [0.1, 0.15) is 41.4 Å². The van der Waals surface area contributed by atoms with Gasteiger partial charge in [0.05, 0.1) is 18.5 Å². The third-order valence-corrected chi connectivity index (χ3v) is 5.09. The molecule has 7 nitrogen and oxygen atoms in total. The number of pyridine rings is 2. The number of imidazole rings is 1. The molecule has 0 spiro atoms. The zero-order valence-electron chi connectivity index (χ0n) is 14.7. The van der Waals surface area contributed by atoms with Crippen LogP contribution in [0.3, 0.4) is 0 Å². The van der Waals surface area contributed by atoms with Gasteiger partial charge in [-0.05, 0) is 42.0 Å². The van der Waals surface area contributed by atoms with Gasteiger partial charge in [-0.1, -0.05) is 13.8 Å². The molecular formula is C19H19N3O4. The molecule has 0 fully saturated rings. The fraction of sp³-hybridized carbons (Fsp3) is 0.316. The second kappa shape index (κ2) is 5.72. The highest BCUT2D eigenvalue weighted by Crippen LogP contribution is 2.42. The summed E-state index contributed by atoms with van der Waals surface area (Å²) in [5, 5.41) is 9.31. The molecule has 1 atom stereocenters. The van der Waals surface area contributed by atoms with Gasteiger partial charge < -0.3 is 19.2 Å². The molecular weight excluding hydrogens is 334 g/mol. The SMILES string of the molecule is COc1cccn2c3c(nc12)-c1[nH]c(=O)c(C(=O)O)cc1C(C(C)C)C3. The van der Waals surface area contributed by atoms with Crippen LogP contribution in [-0.4, -0.2) is 32.6 Å². The summed E-state index contributed by atoms with van der Waals surface area (Å²) in [5.41, 5.74) is 2.92. The maximum atomic E-state index is 12.3. The molecule has 7 heteroatoms. The Morgan fingerprint density at radius 2 is 2.23 bits per heavy atom. The van der Waals surface area contributed by atoms with Gasteiger partial charge in [-0.15, -0.1) is 0 Å². The third-order valence-electron chi connectivity index (χ3n) is 5.09. The van der Waals surface area contributed by atoms with E-state index in [-0.39, 0.29) is 17.4 Å². The summed E-state index contributed by atoms with van der Waals surface area (Å²) in [4.78, 5) is 31.1. The Morgan fingerprint density at radius 3 is 2.88 bits per heavy atom. The normalized spacial score (nSPS) is 15.8. The van der Waals surface area contributed by atoms with E-state index in [1.165, 1.54) is 6.07 Å². The molecule has 0 aromatic carbocycles. The summed E-state index contributed by atoms with van der Waals surface area (Å²) in [6.07, 6.45) is 2.63. The van der Waals surface area contributed by atoms with Crippen LogP contribution in [0.25, 0.3) is 17.0 Å². The first-order valence-electron chi connectivity index (χ1n) is 8.47. The molecule has 1 aliphatic rings. The topological polar surface area (TPSA) is 96.7 Å². The first-order valence-corrected chi connectivity index (χ1v) is 8.47. The van der Waals surface area contributed by atoms with Gasteiger partial charge in [0.15, 0.2) is 11.4 Å². The summed E-state index contributed by atoms with van der Waals surface area (Å²) in [6, 6.07) is 5.24. The van der Waals surface area contributed by atoms with Crippen molar-refractivity contribution in [2.24, 2.45) is 5.92 Å². The molecule has 3 aromatic heterocycles. The molecule has 1 unspecified atom stereocenters. The maximum absolute atomic E-state index is 12.3. The zero-order chi connectivity index (χ0) is 18.6. The van der Waals surface area contributed by atoms with Crippen molar-refractivity contribution in [2.75, 3.05) is 7.11 Å². The number of carboxylic acids is 1. The van der Waals surface area contributed by atoms with Crippen LogP contribution in [0.2, 0.25) is 0 Å². The molecule has 0 aliphatic heterocycles. The number of carbonyl (C=O) groups is 1. The van der Waals surface area contributed by atoms with E-state index in [2.05, 4.69) is 18.8 Å². The molecule has 26 heavy (non-hydrogen) atoms. The van der Waals surface area contributed by atoms with Crippen LogP contribution in [0.15, 0.2) is 29.2 Å². The Morgan fingerprint density at radius 1 is 1.46 bits per heavy atom. The molecule has 0 bridgehead atoms. The van der Waals surface area contributed by atoms with Gasteiger partial charge in [-0.3, -0.25) is 4.79 Å². The number of rotatable bonds is 3. The fourth-order valence-corrected chi connectivity index (χ4v) is 3.75. The van der Waals surface area contributed by atoms with Gasteiger partial charge in [-0.25, -0.2) is 9.78 Å². The van der Waals surface area contributed by atoms with E-state index in [0.717, 1.165) is 11.3 Å². The van der Waals surface area contributed by atoms with Gasteiger partial charge in [0.2, 0.25) is 0 Å². The Labute approximate surface area is 149 Å². The fourth-order valence-electron chi connectivity index (χ4n) is 3.75. The van der Waals surface area contributed by atoms with Crippen molar-refractivity contribution in [1.29, 1.82) is 0 Å². The van der Waals surface area contributed by atoms with Crippen molar-refractivity contribution in [3.8, 4) is 17.1 Å². The number of nitrogens with one attached hydrogen (secondary N) is 1. The highest BCUT2D eigenvalue weighted by molar-refractivity contribution is 5.88. The van der Waals surface area contributed by atoms with Crippen molar-refractivity contribution in [3.05, 3.63) is 51.6 Å². The van der Waals surface area contributed by atoms with Crippen molar-refractivity contribution in [2.45, 2.75) is 26.2 Å². The molecule has 0 saturated heterocycles. The molecule has 0 saturated carbocycles. The minimum atomic E-state index is -1.22. The Kier molecular flexibility index (Phi) is 3.61. The summed E-state index contributed by atoms with van der Waals surface area (Å²) in [7, 11) is 1.59. The minimum absolute atomic E-state index is 0.0820. The van der Waals surface area contributed by atoms with Crippen LogP contribution >= 0.6 is 0 Å². The predicted octanol–water partition coefficient (Wildman–Crippen LogP) is 2.69. The van der Waals surface area contributed by atoms with Crippen LogP contribution in [0.4, 0.5) is 0 Å². The molecule has 134 valence electrons. The van der Waals surface area contributed by atoms with E-state index in [9.17, 15) is 14.7 Å². The van der Waals surface area contributed by atoms with E-state index < -0.39 is 11.5 Å². The number of aromatic amines is 1. The van der Waals surface area contributed by atoms with E-state index >= 15 is 0 Å². The van der Waals surface area contributed by atoms with Crippen molar-refractivity contribution >= 4 is 11.6 Å². The average Bonchev–Trinajstić information content (AvgIpc) is 2.99. The molecule has 2 N–H and O–H groups in total. The third kappa shape index (κ3) is 2.23. The van der Waals surface area contributed by atoms with Gasteiger partial charge in [0.1, 0.15) is 11.3 Å². The Bertz CT molecular complexity index is 1090. The number of methoxy groups -OCH3 is 1. The molecule has 3 aromatic rings. The number of aromatic carboxylic acids is 1. The van der Waals surface area contributed by atoms with Crippen molar-refractivity contribution in [1.82, 2.24) is 14.4 Å². The number of aromatic nitrogens is 3. The zero-order valence-corrected chi connectivity index (χ0v) is 14.7. The molecule has 0 radical (unpaired) electrons. The highest BCUT2D eigenvalue weighted by Gasteiger charge is 2.33. The molecule has 1 aliphatic carbocycles. The Balaban J connectivity index is 2.06. The van der Waals surface area contributed by atoms with Gasteiger partial charge in [0, 0.05) is 6.20 Å². The number of carboxylic acid groups (broad SMARTS) is 1. The lowest BCUT2D eigenvalue weighted by Gasteiger charge is -2.28. The van der Waals surface area contributed by atoms with E-state index in [1.54, 1.807) is 7.11 Å². The monoisotopic (exact) mass is 353 g/mol. The second-order valence-electron chi connectivity index (χ2n) is 6.88. The lowest BCUT2D eigenvalue weighted by atomic mass is 9.79. The number of H-pyrrole nitrogens is 1. The lowest BCUT2D eigenvalue weighted by Crippen LogP contribution is -2.25. The molecule has 3 heterocycles. The van der Waals surface area contributed by atoms with Crippen molar-refractivity contribution < 1.29 is 14.6 Å². The van der Waals surface area contributed by atoms with Crippen LogP contribution < -0.4 is 10.3 Å². The summed E-state index contributed by atoms with van der Waals surface area (Å²) in [6.45, 7) is 4.18. The van der Waals surface area contributed by atoms with Gasteiger partial charge >= 0.3 is 5.97 Å². The largest absolute Gasteiger partial charge is 0.493 e.